The number of aromatic amines is 1. The minimum Gasteiger partial charge on any atom is -0.508 e. The van der Waals surface area contributed by atoms with Gasteiger partial charge in [-0.05, 0) is 82.8 Å². The monoisotopic (exact) mass is 1800 g/mol. The van der Waals surface area contributed by atoms with E-state index in [4.69, 9.17) is 5.73 Å². The lowest BCUT2D eigenvalue weighted by molar-refractivity contribution is -0.151. The first-order valence-corrected chi connectivity index (χ1v) is 44.1. The molecule has 686 valence electrons. The number of carboxylic acid groups (broad SMARTS) is 1. The number of thiazole rings is 1. The number of unbranched alkanes of at least 4 members (excludes halogenated alkanes) is 1. The van der Waals surface area contributed by atoms with Crippen molar-refractivity contribution in [3.63, 3.8) is 0 Å². The first-order chi connectivity index (χ1) is 60.9. The van der Waals surface area contributed by atoms with Crippen molar-refractivity contribution < 1.29 is 92.0 Å². The molecule has 0 bridgehead atoms. The molecule has 128 heavy (non-hydrogen) atoms. The highest BCUT2D eigenvalue weighted by Gasteiger charge is 2.42. The molecule has 0 unspecified atom stereocenters. The minimum atomic E-state index is -1.91. The van der Waals surface area contributed by atoms with Crippen LogP contribution in [0.25, 0.3) is 10.9 Å². The third kappa shape index (κ3) is 30.0. The second-order valence-electron chi connectivity index (χ2n) is 32.6. The number of nitrogens with two attached hydrogens (primary N) is 1. The number of carbonyl (C=O) groups excluding carboxylic acids is 15. The summed E-state index contributed by atoms with van der Waals surface area (Å²) in [6, 6.07) is 18.5. The van der Waals surface area contributed by atoms with Gasteiger partial charge >= 0.3 is 5.97 Å². The van der Waals surface area contributed by atoms with Gasteiger partial charge in [-0.3, -0.25) is 76.7 Å². The van der Waals surface area contributed by atoms with Crippen LogP contribution >= 0.6 is 23.1 Å². The van der Waals surface area contributed by atoms with Crippen molar-refractivity contribution >= 4 is 129 Å². The van der Waals surface area contributed by atoms with Crippen LogP contribution in [-0.2, 0) is 115 Å². The SMILES string of the molecule is CCCC[C@H]1C(=O)N(C)CC(=O)N[C@@H](CC(=O)O)C(=O)N[C@@H](C(C)C)C(=O)N(C)[C@@H](Cc2ccccc2)C(=O)N[C@@H](Cc2ccc(O)cc2)C(=O)N(C)CC(=O)N[C@@H](Cc2c[nH]c3ccccc23)C(=O)N[C@@H](Cc2ccc(O)cc2)C(=O)N[C@@H](CC(C)C)C(=O)N[C@H](C(=O)NCC(N)=O)CSCC(=O)N[C@@H](Cc2cscn2)C(=O)N(C)[C@@H](Cc2ccccc2)C(=O)N1C. The van der Waals surface area contributed by atoms with Crippen LogP contribution < -0.4 is 53.6 Å². The van der Waals surface area contributed by atoms with Crippen molar-refractivity contribution in [3.8, 4) is 11.5 Å². The lowest BCUT2D eigenvalue weighted by Gasteiger charge is -2.37. The van der Waals surface area contributed by atoms with Crippen molar-refractivity contribution in [2.45, 2.75) is 172 Å². The quantitative estimate of drug-likeness (QED) is 0.0434. The molecule has 5 aromatic carbocycles. The summed E-state index contributed by atoms with van der Waals surface area (Å²) in [4.78, 5) is 247. The van der Waals surface area contributed by atoms with Crippen molar-refractivity contribution in [2.24, 2.45) is 17.6 Å². The Kier molecular flexibility index (Phi) is 37.9. The van der Waals surface area contributed by atoms with Crippen LogP contribution in [0.4, 0.5) is 0 Å². The van der Waals surface area contributed by atoms with Crippen LogP contribution in [0.5, 0.6) is 11.5 Å². The fourth-order valence-corrected chi connectivity index (χ4v) is 16.1. The number of amides is 15. The van der Waals surface area contributed by atoms with Gasteiger partial charge in [0, 0.05) is 102 Å². The van der Waals surface area contributed by atoms with Crippen LogP contribution in [0.2, 0.25) is 0 Å². The normalized spacial score (nSPS) is 22.0. The number of nitrogens with zero attached hydrogens (tertiary/aromatic N) is 6. The summed E-state index contributed by atoms with van der Waals surface area (Å²) in [7, 11) is 6.50. The number of thioether (sulfide) groups is 1. The summed E-state index contributed by atoms with van der Waals surface area (Å²) >= 11 is 2.02. The number of phenols is 2. The summed E-state index contributed by atoms with van der Waals surface area (Å²) in [6.07, 6.45) is -0.0170. The zero-order valence-electron chi connectivity index (χ0n) is 73.2. The van der Waals surface area contributed by atoms with E-state index in [9.17, 15) is 58.5 Å². The number of hydrogen-bond acceptors (Lipinski definition) is 21. The van der Waals surface area contributed by atoms with Crippen LogP contribution in [0.3, 0.4) is 0 Å². The highest BCUT2D eigenvalue weighted by atomic mass is 32.2. The highest BCUT2D eigenvalue weighted by Crippen LogP contribution is 2.25. The van der Waals surface area contributed by atoms with Gasteiger partial charge < -0.3 is 98.4 Å². The van der Waals surface area contributed by atoms with E-state index >= 15 is 33.6 Å². The second-order valence-corrected chi connectivity index (χ2v) is 34.3. The third-order valence-corrected chi connectivity index (χ3v) is 23.3. The molecule has 38 heteroatoms. The van der Waals surface area contributed by atoms with E-state index < -0.39 is 205 Å². The lowest BCUT2D eigenvalue weighted by Crippen LogP contribution is -2.61. The molecule has 15 N–H and O–H groups in total. The Morgan fingerprint density at radius 3 is 1.56 bits per heavy atom. The standard InChI is InChI=1S/C90H115N17O19S2/c1-11-12-27-71-88(124)104(7)47-76(112)96-67(43-78(114)115)84(120)102-79(53(4)5)90(126)106(9)72(39-54-21-15-13-16-22-54)85(121)100-68(38-57-30-34-61(109)35-31-57)86(122)103(6)46-75(111)95-66(41-58-44-92-63-26-20-19-25-62(58)63)83(119)99-65(37-56-28-32-60(108)33-29-56)82(118)98-64(36-52(2)3)81(117)101-70(80(116)93-45-74(91)110)49-127-50-77(113)97-69(42-59-48-128-51-94-59)87(123)107(10)73(89(125)105(71)8)40-55-23-17-14-18-24-55/h13-26,28-35,44,48,51-53,64-73,79,92,108-109H,11-12,27,36-43,45-47,49-50H2,1-10H3,(H2,91,110)(H,93,116)(H,95,111)(H,96,112)(H,97,113)(H,98,118)(H,99,119)(H,100,121)(H,101,117)(H,102,120)(H,114,115)/t64-,65-,66-,67-,68-,69-,70-,71-,72-,73-,79-/m0/s1. The largest absolute Gasteiger partial charge is 0.508 e. The summed E-state index contributed by atoms with van der Waals surface area (Å²) < 4.78 is 0. The van der Waals surface area contributed by atoms with Crippen LogP contribution in [-0.4, -0.2) is 277 Å². The van der Waals surface area contributed by atoms with Crippen LogP contribution in [0.15, 0.2) is 151 Å². The van der Waals surface area contributed by atoms with Gasteiger partial charge in [-0.15, -0.1) is 23.1 Å². The molecular formula is C90H115N17O19S2. The minimum absolute atomic E-state index is 0.0258. The topological polar surface area (TPSA) is 513 Å². The Balaban J connectivity index is 1.21. The summed E-state index contributed by atoms with van der Waals surface area (Å²) in [5.74, 6) is -17.6. The number of likely N-dealkylation sites (N-methyl/N-ethyl adjacent to an activating group) is 5. The van der Waals surface area contributed by atoms with Crippen LogP contribution in [0.1, 0.15) is 100 Å². The van der Waals surface area contributed by atoms with Gasteiger partial charge in [0.1, 0.15) is 78.0 Å². The molecule has 15 amide bonds. The Morgan fingerprint density at radius 1 is 0.508 bits per heavy atom. The fourth-order valence-electron chi connectivity index (χ4n) is 14.6. The maximum absolute atomic E-state index is 15.5. The third-order valence-electron chi connectivity index (χ3n) is 21.7. The molecular weight excluding hydrogens is 1690 g/mol. The molecule has 1 aliphatic heterocycles. The number of para-hydroxylation sites is 1. The average Bonchev–Trinajstić information content (AvgIpc) is 1.81. The highest BCUT2D eigenvalue weighted by molar-refractivity contribution is 8.00. The first-order valence-electron chi connectivity index (χ1n) is 42.0. The predicted molar refractivity (Wildman–Crippen MR) is 478 cm³/mol. The number of aromatic hydroxyl groups is 2. The molecule has 0 radical (unpaired) electrons. The van der Waals surface area contributed by atoms with E-state index in [1.54, 1.807) is 124 Å². The summed E-state index contributed by atoms with van der Waals surface area (Å²) in [5.41, 5.74) is 10.4. The van der Waals surface area contributed by atoms with Gasteiger partial charge in [-0.25, -0.2) is 4.98 Å². The Bertz CT molecular complexity index is 5030. The molecule has 36 nitrogen and oxygen atoms in total. The van der Waals surface area contributed by atoms with Gasteiger partial charge in [0.2, 0.25) is 88.6 Å². The smallest absolute Gasteiger partial charge is 0.305 e. The molecule has 0 spiro atoms. The van der Waals surface area contributed by atoms with Crippen molar-refractivity contribution in [1.29, 1.82) is 0 Å². The van der Waals surface area contributed by atoms with Gasteiger partial charge in [-0.2, -0.15) is 0 Å². The number of hydrogen-bond donors (Lipinski definition) is 14. The second kappa shape index (κ2) is 48.4. The Morgan fingerprint density at radius 2 is 1.00 bits per heavy atom. The van der Waals surface area contributed by atoms with Gasteiger partial charge in [0.25, 0.3) is 0 Å². The van der Waals surface area contributed by atoms with Gasteiger partial charge in [-0.1, -0.05) is 151 Å². The molecule has 1 saturated heterocycles. The molecule has 8 rings (SSSR count). The van der Waals surface area contributed by atoms with Gasteiger partial charge in [0.05, 0.1) is 43.0 Å². The van der Waals surface area contributed by atoms with E-state index in [2.05, 4.69) is 57.8 Å². The van der Waals surface area contributed by atoms with E-state index in [0.29, 0.717) is 57.3 Å². The zero-order valence-corrected chi connectivity index (χ0v) is 74.8. The molecule has 11 atom stereocenters. The number of benzene rings is 5. The van der Waals surface area contributed by atoms with E-state index in [1.807, 2.05) is 6.92 Å². The molecule has 7 aromatic rings. The Hall–Kier alpha value is -13.3. The predicted octanol–water partition coefficient (Wildman–Crippen LogP) is 1.78. The van der Waals surface area contributed by atoms with Crippen LogP contribution in [0, 0.1) is 11.8 Å². The fraction of sp³-hybridized carbons (Fsp3) is 0.433. The summed E-state index contributed by atoms with van der Waals surface area (Å²) in [5, 5.41) is 57.1. The van der Waals surface area contributed by atoms with E-state index in [0.717, 1.165) is 36.3 Å². The number of aromatic nitrogens is 2. The zero-order chi connectivity index (χ0) is 93.6. The molecule has 1 aliphatic rings. The number of phenolic OH excluding ortho intramolecular Hbond substituents is 2. The molecule has 3 heterocycles. The van der Waals surface area contributed by atoms with Gasteiger partial charge in [0.15, 0.2) is 0 Å². The maximum atomic E-state index is 15.5. The van der Waals surface area contributed by atoms with Crippen molar-refractivity contribution in [1.82, 2.24) is 82.3 Å². The number of carbonyl (C=O) groups is 16. The molecule has 1 fully saturated rings. The van der Waals surface area contributed by atoms with E-state index in [-0.39, 0.29) is 68.8 Å². The number of carboxylic acids is 1. The number of rotatable bonds is 23. The first kappa shape index (κ1) is 100. The Labute approximate surface area is 750 Å². The number of H-pyrrole nitrogens is 1. The molecule has 2 aromatic heterocycles. The lowest BCUT2D eigenvalue weighted by atomic mass is 9.98. The molecule has 0 saturated carbocycles. The molecule has 0 aliphatic carbocycles. The number of primary amides is 1. The van der Waals surface area contributed by atoms with Crippen molar-refractivity contribution in [3.05, 3.63) is 184 Å². The summed E-state index contributed by atoms with van der Waals surface area (Å²) in [6.45, 7) is 6.15. The van der Waals surface area contributed by atoms with Crippen molar-refractivity contribution in [2.75, 3.05) is 66.4 Å². The van der Waals surface area contributed by atoms with E-state index in [1.165, 1.54) is 101 Å². The number of nitrogens with one attached hydrogen (secondary N) is 10. The number of fused-ring (bicyclic) bond motifs is 1. The maximum Gasteiger partial charge on any atom is 0.305 e. The number of aliphatic carboxylic acids is 1. The average molecular weight is 1800 g/mol.